The molecule has 1 amide bonds. The standard InChI is InChI=1S/C15H14INO3/c1-19-12-7-8-14(13(16)9-12)17-15(18)20-10-11-5-3-2-4-6-11/h2-9H,10H2,1H3,(H,17,18). The molecule has 0 heterocycles. The minimum absolute atomic E-state index is 0.249. The minimum atomic E-state index is -0.475. The van der Waals surface area contributed by atoms with Crippen molar-refractivity contribution in [2.45, 2.75) is 6.61 Å². The highest BCUT2D eigenvalue weighted by Gasteiger charge is 2.07. The number of hydrogen-bond acceptors (Lipinski definition) is 3. The van der Waals surface area contributed by atoms with Gasteiger partial charge in [-0.3, -0.25) is 5.32 Å². The molecule has 1 N–H and O–H groups in total. The molecule has 104 valence electrons. The summed E-state index contributed by atoms with van der Waals surface area (Å²) in [5.74, 6) is 0.748. The van der Waals surface area contributed by atoms with E-state index in [2.05, 4.69) is 27.9 Å². The van der Waals surface area contributed by atoms with Gasteiger partial charge >= 0.3 is 6.09 Å². The molecule has 0 aromatic heterocycles. The van der Waals surface area contributed by atoms with Crippen molar-refractivity contribution < 1.29 is 14.3 Å². The Balaban J connectivity index is 1.91. The third-order valence-corrected chi connectivity index (χ3v) is 3.52. The van der Waals surface area contributed by atoms with Gasteiger partial charge in [-0.25, -0.2) is 4.79 Å². The molecule has 0 aliphatic carbocycles. The Kier molecular flexibility index (Phi) is 5.23. The van der Waals surface area contributed by atoms with E-state index in [0.717, 1.165) is 14.9 Å². The molecule has 0 radical (unpaired) electrons. The van der Waals surface area contributed by atoms with Gasteiger partial charge in [0.15, 0.2) is 0 Å². The summed E-state index contributed by atoms with van der Waals surface area (Å²) >= 11 is 2.13. The first-order chi connectivity index (χ1) is 9.69. The molecule has 0 spiro atoms. The predicted molar refractivity (Wildman–Crippen MR) is 86.0 cm³/mol. The maximum atomic E-state index is 11.7. The molecule has 0 aliphatic rings. The lowest BCUT2D eigenvalue weighted by Gasteiger charge is -2.09. The van der Waals surface area contributed by atoms with Crippen molar-refractivity contribution in [3.05, 3.63) is 57.7 Å². The maximum Gasteiger partial charge on any atom is 0.411 e. The molecule has 0 unspecified atom stereocenters. The summed E-state index contributed by atoms with van der Waals surface area (Å²) in [5, 5.41) is 2.71. The van der Waals surface area contributed by atoms with E-state index in [4.69, 9.17) is 9.47 Å². The van der Waals surface area contributed by atoms with Crippen LogP contribution in [0.25, 0.3) is 0 Å². The first-order valence-electron chi connectivity index (χ1n) is 6.00. The number of hydrogen-bond donors (Lipinski definition) is 1. The summed E-state index contributed by atoms with van der Waals surface area (Å²) in [7, 11) is 1.60. The fourth-order valence-electron chi connectivity index (χ4n) is 1.59. The average Bonchev–Trinajstić information content (AvgIpc) is 2.48. The summed E-state index contributed by atoms with van der Waals surface area (Å²) in [6.45, 7) is 0.249. The monoisotopic (exact) mass is 383 g/mol. The zero-order chi connectivity index (χ0) is 14.4. The number of benzene rings is 2. The molecular weight excluding hydrogens is 369 g/mol. The molecule has 0 fully saturated rings. The Morgan fingerprint density at radius 1 is 1.20 bits per heavy atom. The molecule has 2 rings (SSSR count). The number of ether oxygens (including phenoxy) is 2. The Labute approximate surface area is 131 Å². The summed E-state index contributed by atoms with van der Waals surface area (Å²) in [4.78, 5) is 11.7. The Morgan fingerprint density at radius 3 is 2.60 bits per heavy atom. The first-order valence-corrected chi connectivity index (χ1v) is 7.08. The number of carbonyl (C=O) groups is 1. The smallest absolute Gasteiger partial charge is 0.411 e. The van der Waals surface area contributed by atoms with E-state index in [0.29, 0.717) is 5.69 Å². The van der Waals surface area contributed by atoms with Crippen molar-refractivity contribution in [3.8, 4) is 5.75 Å². The lowest BCUT2D eigenvalue weighted by molar-refractivity contribution is 0.155. The van der Waals surface area contributed by atoms with Crippen LogP contribution in [0.1, 0.15) is 5.56 Å². The van der Waals surface area contributed by atoms with Crippen LogP contribution in [0.2, 0.25) is 0 Å². The fraction of sp³-hybridized carbons (Fsp3) is 0.133. The van der Waals surface area contributed by atoms with Gasteiger partial charge < -0.3 is 9.47 Å². The van der Waals surface area contributed by atoms with Crippen molar-refractivity contribution in [3.63, 3.8) is 0 Å². The number of carbonyl (C=O) groups excluding carboxylic acids is 1. The molecule has 20 heavy (non-hydrogen) atoms. The Morgan fingerprint density at radius 2 is 1.95 bits per heavy atom. The first kappa shape index (κ1) is 14.6. The third kappa shape index (κ3) is 4.12. The van der Waals surface area contributed by atoms with Crippen LogP contribution >= 0.6 is 22.6 Å². The van der Waals surface area contributed by atoms with Gasteiger partial charge in [0.25, 0.3) is 0 Å². The van der Waals surface area contributed by atoms with Crippen LogP contribution in [-0.2, 0) is 11.3 Å². The van der Waals surface area contributed by atoms with E-state index in [1.807, 2.05) is 36.4 Å². The lowest BCUT2D eigenvalue weighted by atomic mass is 10.2. The quantitative estimate of drug-likeness (QED) is 0.811. The van der Waals surface area contributed by atoms with E-state index in [-0.39, 0.29) is 6.61 Å². The molecule has 0 atom stereocenters. The molecule has 5 heteroatoms. The summed E-state index contributed by atoms with van der Waals surface area (Å²) in [5.41, 5.74) is 1.65. The Hall–Kier alpha value is -1.76. The number of rotatable bonds is 4. The molecule has 0 bridgehead atoms. The van der Waals surface area contributed by atoms with Gasteiger partial charge in [-0.2, -0.15) is 0 Å². The van der Waals surface area contributed by atoms with Crippen LogP contribution in [0.3, 0.4) is 0 Å². The van der Waals surface area contributed by atoms with Crippen LogP contribution in [0.5, 0.6) is 5.75 Å². The second-order valence-electron chi connectivity index (χ2n) is 4.03. The van der Waals surface area contributed by atoms with E-state index in [1.165, 1.54) is 0 Å². The fourth-order valence-corrected chi connectivity index (χ4v) is 2.21. The number of nitrogens with one attached hydrogen (secondary N) is 1. The summed E-state index contributed by atoms with van der Waals surface area (Å²) < 4.78 is 11.2. The number of amides is 1. The van der Waals surface area contributed by atoms with E-state index in [1.54, 1.807) is 19.2 Å². The average molecular weight is 383 g/mol. The summed E-state index contributed by atoms with van der Waals surface area (Å²) in [6, 6.07) is 15.0. The molecule has 4 nitrogen and oxygen atoms in total. The number of methoxy groups -OCH3 is 1. The molecule has 0 saturated carbocycles. The topological polar surface area (TPSA) is 47.6 Å². The molecule has 0 aliphatic heterocycles. The van der Waals surface area contributed by atoms with E-state index < -0.39 is 6.09 Å². The van der Waals surface area contributed by atoms with Gasteiger partial charge in [-0.05, 0) is 46.4 Å². The van der Waals surface area contributed by atoms with Gasteiger partial charge in [-0.15, -0.1) is 0 Å². The van der Waals surface area contributed by atoms with Crippen LogP contribution in [0.15, 0.2) is 48.5 Å². The van der Waals surface area contributed by atoms with Gasteiger partial charge in [0.1, 0.15) is 12.4 Å². The predicted octanol–water partition coefficient (Wildman–Crippen LogP) is 4.05. The largest absolute Gasteiger partial charge is 0.497 e. The van der Waals surface area contributed by atoms with Crippen LogP contribution in [0, 0.1) is 3.57 Å². The van der Waals surface area contributed by atoms with Crippen LogP contribution < -0.4 is 10.1 Å². The second kappa shape index (κ2) is 7.14. The van der Waals surface area contributed by atoms with Crippen molar-refractivity contribution in [1.82, 2.24) is 0 Å². The van der Waals surface area contributed by atoms with Crippen molar-refractivity contribution >= 4 is 34.4 Å². The molecular formula is C15H14INO3. The number of anilines is 1. The van der Waals surface area contributed by atoms with Gasteiger partial charge in [-0.1, -0.05) is 30.3 Å². The van der Waals surface area contributed by atoms with Gasteiger partial charge in [0.05, 0.1) is 12.8 Å². The van der Waals surface area contributed by atoms with Gasteiger partial charge in [0.2, 0.25) is 0 Å². The zero-order valence-electron chi connectivity index (χ0n) is 10.9. The molecule has 0 saturated heterocycles. The highest BCUT2D eigenvalue weighted by atomic mass is 127. The number of halogens is 1. The molecule has 2 aromatic carbocycles. The van der Waals surface area contributed by atoms with E-state index in [9.17, 15) is 4.79 Å². The lowest BCUT2D eigenvalue weighted by Crippen LogP contribution is -2.14. The van der Waals surface area contributed by atoms with Crippen LogP contribution in [0.4, 0.5) is 10.5 Å². The Bertz CT molecular complexity index is 587. The minimum Gasteiger partial charge on any atom is -0.497 e. The van der Waals surface area contributed by atoms with Crippen molar-refractivity contribution in [2.75, 3.05) is 12.4 Å². The highest BCUT2D eigenvalue weighted by molar-refractivity contribution is 14.1. The highest BCUT2D eigenvalue weighted by Crippen LogP contribution is 2.23. The zero-order valence-corrected chi connectivity index (χ0v) is 13.1. The second-order valence-corrected chi connectivity index (χ2v) is 5.19. The summed E-state index contributed by atoms with van der Waals surface area (Å²) in [6.07, 6.45) is -0.475. The SMILES string of the molecule is COc1ccc(NC(=O)OCc2ccccc2)c(I)c1. The third-order valence-electron chi connectivity index (χ3n) is 2.63. The van der Waals surface area contributed by atoms with Crippen LogP contribution in [-0.4, -0.2) is 13.2 Å². The van der Waals surface area contributed by atoms with Crippen molar-refractivity contribution in [2.24, 2.45) is 0 Å². The normalized spacial score (nSPS) is 9.90. The van der Waals surface area contributed by atoms with E-state index >= 15 is 0 Å². The van der Waals surface area contributed by atoms with Crippen molar-refractivity contribution in [1.29, 1.82) is 0 Å². The van der Waals surface area contributed by atoms with Gasteiger partial charge in [0, 0.05) is 3.57 Å². The molecule has 2 aromatic rings. The maximum absolute atomic E-state index is 11.7.